The van der Waals surface area contributed by atoms with Crippen LogP contribution in [0.3, 0.4) is 0 Å². The van der Waals surface area contributed by atoms with Crippen molar-refractivity contribution in [2.45, 2.75) is 25.3 Å². The maximum absolute atomic E-state index is 13.3. The Morgan fingerprint density at radius 1 is 1.19 bits per heavy atom. The fourth-order valence-corrected chi connectivity index (χ4v) is 3.32. The summed E-state index contributed by atoms with van der Waals surface area (Å²) in [5, 5.41) is 2.98. The van der Waals surface area contributed by atoms with Gasteiger partial charge in [0, 0.05) is 37.8 Å². The molecule has 0 radical (unpaired) electrons. The zero-order chi connectivity index (χ0) is 18.7. The highest BCUT2D eigenvalue weighted by atomic mass is 19.1. The fourth-order valence-electron chi connectivity index (χ4n) is 3.32. The predicted molar refractivity (Wildman–Crippen MR) is 96.9 cm³/mol. The highest BCUT2D eigenvalue weighted by molar-refractivity contribution is 5.94. The lowest BCUT2D eigenvalue weighted by Crippen LogP contribution is -2.34. The standard InChI is InChI=1S/C20H22FN3O2/c1-24(2)20(26)14-6-8-17(11-14)23-19(25)15-7-9-18(22-12-15)13-4-3-5-16(21)10-13/h3-5,7,9-10,12,14,17H,6,8,11H2,1-2H3,(H,23,25)/t14-,17+/m0/s1. The zero-order valence-corrected chi connectivity index (χ0v) is 14.9. The van der Waals surface area contributed by atoms with E-state index in [9.17, 15) is 14.0 Å². The van der Waals surface area contributed by atoms with Gasteiger partial charge in [-0.3, -0.25) is 14.6 Å². The number of amides is 2. The highest BCUT2D eigenvalue weighted by Crippen LogP contribution is 2.27. The third-order valence-corrected chi connectivity index (χ3v) is 4.70. The number of rotatable bonds is 4. The van der Waals surface area contributed by atoms with E-state index in [0.29, 0.717) is 23.2 Å². The fraction of sp³-hybridized carbons (Fsp3) is 0.350. The highest BCUT2D eigenvalue weighted by Gasteiger charge is 2.31. The summed E-state index contributed by atoms with van der Waals surface area (Å²) in [6, 6.07) is 9.56. The van der Waals surface area contributed by atoms with E-state index in [2.05, 4.69) is 10.3 Å². The predicted octanol–water partition coefficient (Wildman–Crippen LogP) is 2.87. The van der Waals surface area contributed by atoms with Crippen molar-refractivity contribution in [3.8, 4) is 11.3 Å². The van der Waals surface area contributed by atoms with E-state index in [1.165, 1.54) is 18.3 Å². The minimum atomic E-state index is -0.325. The maximum Gasteiger partial charge on any atom is 0.253 e. The Kier molecular flexibility index (Phi) is 5.30. The van der Waals surface area contributed by atoms with E-state index < -0.39 is 0 Å². The molecule has 0 aliphatic heterocycles. The van der Waals surface area contributed by atoms with Crippen molar-refractivity contribution in [2.75, 3.05) is 14.1 Å². The van der Waals surface area contributed by atoms with E-state index in [1.54, 1.807) is 43.3 Å². The Morgan fingerprint density at radius 2 is 2.00 bits per heavy atom. The van der Waals surface area contributed by atoms with Crippen LogP contribution in [-0.4, -0.2) is 41.8 Å². The molecule has 0 bridgehead atoms. The number of halogens is 1. The van der Waals surface area contributed by atoms with Crippen molar-refractivity contribution in [1.82, 2.24) is 15.2 Å². The normalized spacial score (nSPS) is 19.2. The number of benzene rings is 1. The molecule has 1 saturated carbocycles. The molecule has 2 atom stereocenters. The molecule has 1 N–H and O–H groups in total. The van der Waals surface area contributed by atoms with Crippen LogP contribution in [0.4, 0.5) is 4.39 Å². The van der Waals surface area contributed by atoms with Gasteiger partial charge in [0.05, 0.1) is 11.3 Å². The molecule has 2 amide bonds. The first kappa shape index (κ1) is 18.0. The molecule has 1 aliphatic carbocycles. The number of hydrogen-bond acceptors (Lipinski definition) is 3. The first-order valence-electron chi connectivity index (χ1n) is 8.68. The Hall–Kier alpha value is -2.76. The first-order valence-corrected chi connectivity index (χ1v) is 8.68. The number of nitrogens with one attached hydrogen (secondary N) is 1. The summed E-state index contributed by atoms with van der Waals surface area (Å²) < 4.78 is 13.3. The molecule has 1 heterocycles. The van der Waals surface area contributed by atoms with E-state index in [4.69, 9.17) is 0 Å². The molecular formula is C20H22FN3O2. The van der Waals surface area contributed by atoms with E-state index in [1.807, 2.05) is 0 Å². The second-order valence-corrected chi connectivity index (χ2v) is 6.86. The van der Waals surface area contributed by atoms with Gasteiger partial charge in [-0.05, 0) is 43.5 Å². The van der Waals surface area contributed by atoms with Crippen LogP contribution < -0.4 is 5.32 Å². The van der Waals surface area contributed by atoms with Gasteiger partial charge in [-0.2, -0.15) is 0 Å². The monoisotopic (exact) mass is 355 g/mol. The van der Waals surface area contributed by atoms with Crippen molar-refractivity contribution in [3.05, 3.63) is 54.0 Å². The van der Waals surface area contributed by atoms with Crippen molar-refractivity contribution in [1.29, 1.82) is 0 Å². The number of pyridine rings is 1. The average molecular weight is 355 g/mol. The van der Waals surface area contributed by atoms with Gasteiger partial charge >= 0.3 is 0 Å². The molecule has 1 aromatic heterocycles. The van der Waals surface area contributed by atoms with Crippen molar-refractivity contribution in [3.63, 3.8) is 0 Å². The molecule has 26 heavy (non-hydrogen) atoms. The number of nitrogens with zero attached hydrogens (tertiary/aromatic N) is 2. The molecule has 1 aliphatic rings. The SMILES string of the molecule is CN(C)C(=O)[C@H]1CC[C@@H](NC(=O)c2ccc(-c3cccc(F)c3)nc2)C1. The molecule has 2 aromatic rings. The Bertz CT molecular complexity index is 805. The zero-order valence-electron chi connectivity index (χ0n) is 14.9. The van der Waals surface area contributed by atoms with Crippen LogP contribution in [-0.2, 0) is 4.79 Å². The van der Waals surface area contributed by atoms with Gasteiger partial charge in [0.25, 0.3) is 5.91 Å². The van der Waals surface area contributed by atoms with Crippen LogP contribution >= 0.6 is 0 Å². The Labute approximate surface area is 152 Å². The molecule has 3 rings (SSSR count). The second kappa shape index (κ2) is 7.64. The van der Waals surface area contributed by atoms with Gasteiger partial charge in [0.2, 0.25) is 5.91 Å². The van der Waals surface area contributed by atoms with Crippen LogP contribution in [0.15, 0.2) is 42.6 Å². The van der Waals surface area contributed by atoms with Crippen LogP contribution in [0.5, 0.6) is 0 Å². The summed E-state index contributed by atoms with van der Waals surface area (Å²) in [7, 11) is 3.50. The molecule has 0 saturated heterocycles. The topological polar surface area (TPSA) is 62.3 Å². The number of hydrogen-bond donors (Lipinski definition) is 1. The minimum absolute atomic E-state index is 0.000652. The number of aromatic nitrogens is 1. The quantitative estimate of drug-likeness (QED) is 0.917. The van der Waals surface area contributed by atoms with Gasteiger partial charge < -0.3 is 10.2 Å². The number of carbonyl (C=O) groups is 2. The summed E-state index contributed by atoms with van der Waals surface area (Å²) in [6.07, 6.45) is 3.74. The lowest BCUT2D eigenvalue weighted by atomic mass is 10.1. The molecule has 1 fully saturated rings. The van der Waals surface area contributed by atoms with Crippen LogP contribution in [0.1, 0.15) is 29.6 Å². The van der Waals surface area contributed by atoms with Gasteiger partial charge in [0.1, 0.15) is 5.82 Å². The lowest BCUT2D eigenvalue weighted by molar-refractivity contribution is -0.132. The number of carbonyl (C=O) groups excluding carboxylic acids is 2. The van der Waals surface area contributed by atoms with Gasteiger partial charge in [-0.25, -0.2) is 4.39 Å². The largest absolute Gasteiger partial charge is 0.349 e. The van der Waals surface area contributed by atoms with Crippen molar-refractivity contribution < 1.29 is 14.0 Å². The summed E-state index contributed by atoms with van der Waals surface area (Å²) in [4.78, 5) is 30.3. The van der Waals surface area contributed by atoms with E-state index in [0.717, 1.165) is 12.8 Å². The Morgan fingerprint density at radius 3 is 2.65 bits per heavy atom. The van der Waals surface area contributed by atoms with Gasteiger partial charge in [-0.1, -0.05) is 12.1 Å². The van der Waals surface area contributed by atoms with Crippen LogP contribution in [0.2, 0.25) is 0 Å². The lowest BCUT2D eigenvalue weighted by Gasteiger charge is -2.16. The van der Waals surface area contributed by atoms with E-state index >= 15 is 0 Å². The van der Waals surface area contributed by atoms with Gasteiger partial charge in [0.15, 0.2) is 0 Å². The molecular weight excluding hydrogens is 333 g/mol. The van der Waals surface area contributed by atoms with Crippen molar-refractivity contribution in [2.24, 2.45) is 5.92 Å². The third kappa shape index (κ3) is 4.07. The molecule has 5 nitrogen and oxygen atoms in total. The molecule has 0 unspecified atom stereocenters. The van der Waals surface area contributed by atoms with Crippen LogP contribution in [0, 0.1) is 11.7 Å². The first-order chi connectivity index (χ1) is 12.4. The molecule has 0 spiro atoms. The molecule has 136 valence electrons. The Balaban J connectivity index is 1.61. The van der Waals surface area contributed by atoms with Crippen molar-refractivity contribution >= 4 is 11.8 Å². The minimum Gasteiger partial charge on any atom is -0.349 e. The van der Waals surface area contributed by atoms with Crippen LogP contribution in [0.25, 0.3) is 11.3 Å². The molecule has 1 aromatic carbocycles. The summed E-state index contributed by atoms with van der Waals surface area (Å²) in [5.41, 5.74) is 1.73. The smallest absolute Gasteiger partial charge is 0.253 e. The van der Waals surface area contributed by atoms with E-state index in [-0.39, 0.29) is 29.6 Å². The average Bonchev–Trinajstić information content (AvgIpc) is 3.09. The molecule has 6 heteroatoms. The van der Waals surface area contributed by atoms with Gasteiger partial charge in [-0.15, -0.1) is 0 Å². The summed E-state index contributed by atoms with van der Waals surface area (Å²) in [5.74, 6) is -0.438. The third-order valence-electron chi connectivity index (χ3n) is 4.70. The summed E-state index contributed by atoms with van der Waals surface area (Å²) >= 11 is 0. The second-order valence-electron chi connectivity index (χ2n) is 6.86. The maximum atomic E-state index is 13.3. The summed E-state index contributed by atoms with van der Waals surface area (Å²) in [6.45, 7) is 0.